The van der Waals surface area contributed by atoms with Gasteiger partial charge in [0.1, 0.15) is 0 Å². The van der Waals surface area contributed by atoms with E-state index in [1.165, 1.54) is 7.11 Å². The summed E-state index contributed by atoms with van der Waals surface area (Å²) < 4.78 is 4.64. The summed E-state index contributed by atoms with van der Waals surface area (Å²) in [7, 11) is 1.32. The first-order valence-electron chi connectivity index (χ1n) is 5.81. The van der Waals surface area contributed by atoms with E-state index in [0.717, 1.165) is 10.5 Å². The van der Waals surface area contributed by atoms with Crippen LogP contribution in [0.15, 0.2) is 29.2 Å². The number of nitrogens with two attached hydrogens (primary N) is 1. The van der Waals surface area contributed by atoms with E-state index in [-0.39, 0.29) is 24.8 Å². The Morgan fingerprint density at radius 2 is 2.00 bits per heavy atom. The molecule has 1 aromatic carbocycles. The fraction of sp³-hybridized carbons (Fsp3) is 0.385. The van der Waals surface area contributed by atoms with E-state index in [9.17, 15) is 9.59 Å². The van der Waals surface area contributed by atoms with Crippen molar-refractivity contribution in [3.63, 3.8) is 0 Å². The second-order valence-corrected chi connectivity index (χ2v) is 4.76. The molecule has 5 nitrogen and oxygen atoms in total. The van der Waals surface area contributed by atoms with Crippen LogP contribution in [0.1, 0.15) is 18.0 Å². The van der Waals surface area contributed by atoms with Crippen molar-refractivity contribution in [3.05, 3.63) is 29.8 Å². The van der Waals surface area contributed by atoms with Crippen LogP contribution in [0.5, 0.6) is 0 Å². The Kier molecular flexibility index (Phi) is 6.38. The van der Waals surface area contributed by atoms with Gasteiger partial charge in [-0.1, -0.05) is 12.1 Å². The number of benzene rings is 1. The van der Waals surface area contributed by atoms with E-state index in [4.69, 9.17) is 5.73 Å². The second kappa shape index (κ2) is 7.81. The fourth-order valence-corrected chi connectivity index (χ4v) is 2.00. The Morgan fingerprint density at radius 3 is 2.47 bits per heavy atom. The van der Waals surface area contributed by atoms with E-state index >= 15 is 0 Å². The van der Waals surface area contributed by atoms with E-state index in [2.05, 4.69) is 10.1 Å². The average molecular weight is 282 g/mol. The lowest BCUT2D eigenvalue weighted by atomic mass is 10.0. The number of hydrogen-bond acceptors (Lipinski definition) is 5. The highest BCUT2D eigenvalue weighted by atomic mass is 32.2. The molecule has 1 atom stereocenters. The molecule has 0 bridgehead atoms. The van der Waals surface area contributed by atoms with Gasteiger partial charge in [-0.05, 0) is 24.0 Å². The Bertz CT molecular complexity index is 416. The van der Waals surface area contributed by atoms with Crippen molar-refractivity contribution < 1.29 is 14.3 Å². The van der Waals surface area contributed by atoms with E-state index < -0.39 is 6.04 Å². The topological polar surface area (TPSA) is 81.4 Å². The molecular formula is C13H18N2O3S. The Labute approximate surface area is 116 Å². The fourth-order valence-electron chi connectivity index (χ4n) is 1.59. The van der Waals surface area contributed by atoms with Gasteiger partial charge in [0.15, 0.2) is 0 Å². The SMILES string of the molecule is COC(=O)CC(NC(=O)CN)c1ccc(SC)cc1. The highest BCUT2D eigenvalue weighted by Gasteiger charge is 2.18. The average Bonchev–Trinajstić information content (AvgIpc) is 2.46. The number of methoxy groups -OCH3 is 1. The first-order chi connectivity index (χ1) is 9.10. The number of rotatable bonds is 6. The molecule has 104 valence electrons. The van der Waals surface area contributed by atoms with Gasteiger partial charge in [-0.15, -0.1) is 11.8 Å². The minimum atomic E-state index is -0.417. The predicted octanol–water partition coefficient (Wildman–Crippen LogP) is 1.09. The lowest BCUT2D eigenvalue weighted by molar-refractivity contribution is -0.141. The summed E-state index contributed by atoms with van der Waals surface area (Å²) in [6.45, 7) is -0.111. The molecule has 0 fully saturated rings. The Balaban J connectivity index is 2.86. The standard InChI is InChI=1S/C13H18N2O3S/c1-18-13(17)7-11(15-12(16)8-14)9-3-5-10(19-2)6-4-9/h3-6,11H,7-8,14H2,1-2H3,(H,15,16). The first-order valence-corrected chi connectivity index (χ1v) is 7.03. The minimum Gasteiger partial charge on any atom is -0.469 e. The van der Waals surface area contributed by atoms with Crippen molar-refractivity contribution in [1.29, 1.82) is 0 Å². The molecule has 1 amide bonds. The maximum absolute atomic E-state index is 11.4. The summed E-state index contributed by atoms with van der Waals surface area (Å²) in [5.74, 6) is -0.681. The summed E-state index contributed by atoms with van der Waals surface area (Å²) >= 11 is 1.63. The first kappa shape index (κ1) is 15.5. The summed E-state index contributed by atoms with van der Waals surface area (Å²) in [5, 5.41) is 2.71. The van der Waals surface area contributed by atoms with Gasteiger partial charge in [-0.3, -0.25) is 9.59 Å². The molecule has 0 spiro atoms. The number of nitrogens with one attached hydrogen (secondary N) is 1. The van der Waals surface area contributed by atoms with Gasteiger partial charge in [0, 0.05) is 4.90 Å². The van der Waals surface area contributed by atoms with Crippen molar-refractivity contribution in [3.8, 4) is 0 Å². The molecular weight excluding hydrogens is 264 g/mol. The van der Waals surface area contributed by atoms with Gasteiger partial charge < -0.3 is 15.8 Å². The van der Waals surface area contributed by atoms with Crippen LogP contribution in [-0.2, 0) is 14.3 Å². The second-order valence-electron chi connectivity index (χ2n) is 3.88. The highest BCUT2D eigenvalue weighted by molar-refractivity contribution is 7.98. The van der Waals surface area contributed by atoms with Crippen LogP contribution in [0.4, 0.5) is 0 Å². The van der Waals surface area contributed by atoms with Gasteiger partial charge in [0.2, 0.25) is 5.91 Å². The number of esters is 1. The van der Waals surface area contributed by atoms with Crippen molar-refractivity contribution >= 4 is 23.6 Å². The number of amides is 1. The quantitative estimate of drug-likeness (QED) is 0.603. The molecule has 1 aromatic rings. The molecule has 3 N–H and O–H groups in total. The molecule has 0 aliphatic heterocycles. The van der Waals surface area contributed by atoms with Gasteiger partial charge in [0.25, 0.3) is 0 Å². The monoisotopic (exact) mass is 282 g/mol. The number of hydrogen-bond donors (Lipinski definition) is 2. The third-order valence-electron chi connectivity index (χ3n) is 2.64. The molecule has 0 heterocycles. The van der Waals surface area contributed by atoms with Crippen LogP contribution >= 0.6 is 11.8 Å². The number of thioether (sulfide) groups is 1. The molecule has 0 saturated carbocycles. The Morgan fingerprint density at radius 1 is 1.37 bits per heavy atom. The van der Waals surface area contributed by atoms with Crippen molar-refractivity contribution in [2.45, 2.75) is 17.4 Å². The van der Waals surface area contributed by atoms with Crippen LogP contribution in [0.2, 0.25) is 0 Å². The smallest absolute Gasteiger partial charge is 0.307 e. The van der Waals surface area contributed by atoms with Gasteiger partial charge >= 0.3 is 5.97 Å². The molecule has 0 aliphatic carbocycles. The zero-order valence-electron chi connectivity index (χ0n) is 11.0. The largest absolute Gasteiger partial charge is 0.469 e. The molecule has 0 aliphatic rings. The summed E-state index contributed by atoms with van der Waals surface area (Å²) in [6, 6.07) is 7.24. The molecule has 0 saturated heterocycles. The van der Waals surface area contributed by atoms with E-state index in [1.807, 2.05) is 30.5 Å². The van der Waals surface area contributed by atoms with Crippen molar-refractivity contribution in [2.24, 2.45) is 5.73 Å². The van der Waals surface area contributed by atoms with Crippen molar-refractivity contribution in [1.82, 2.24) is 5.32 Å². The van der Waals surface area contributed by atoms with E-state index in [0.29, 0.717) is 0 Å². The lowest BCUT2D eigenvalue weighted by Gasteiger charge is -2.18. The molecule has 0 aromatic heterocycles. The molecule has 0 radical (unpaired) electrons. The third-order valence-corrected chi connectivity index (χ3v) is 3.38. The van der Waals surface area contributed by atoms with Gasteiger partial charge in [-0.2, -0.15) is 0 Å². The van der Waals surface area contributed by atoms with Crippen LogP contribution in [0.3, 0.4) is 0 Å². The van der Waals surface area contributed by atoms with Crippen LogP contribution in [0.25, 0.3) is 0 Å². The molecule has 1 unspecified atom stereocenters. The van der Waals surface area contributed by atoms with Crippen LogP contribution in [0, 0.1) is 0 Å². The highest BCUT2D eigenvalue weighted by Crippen LogP contribution is 2.21. The zero-order valence-corrected chi connectivity index (χ0v) is 11.8. The zero-order chi connectivity index (χ0) is 14.3. The maximum Gasteiger partial charge on any atom is 0.307 e. The number of carbonyl (C=O) groups is 2. The van der Waals surface area contributed by atoms with Crippen LogP contribution < -0.4 is 11.1 Å². The maximum atomic E-state index is 11.4. The van der Waals surface area contributed by atoms with Crippen molar-refractivity contribution in [2.75, 3.05) is 19.9 Å². The Hall–Kier alpha value is -1.53. The van der Waals surface area contributed by atoms with Gasteiger partial charge in [0.05, 0.1) is 26.1 Å². The number of ether oxygens (including phenoxy) is 1. The third kappa shape index (κ3) is 4.92. The molecule has 19 heavy (non-hydrogen) atoms. The summed E-state index contributed by atoms with van der Waals surface area (Å²) in [6.07, 6.45) is 2.07. The summed E-state index contributed by atoms with van der Waals surface area (Å²) in [5.41, 5.74) is 6.13. The summed E-state index contributed by atoms with van der Waals surface area (Å²) in [4.78, 5) is 23.9. The number of carbonyl (C=O) groups excluding carboxylic acids is 2. The minimum absolute atomic E-state index is 0.0842. The lowest BCUT2D eigenvalue weighted by Crippen LogP contribution is -2.34. The van der Waals surface area contributed by atoms with Crippen LogP contribution in [-0.4, -0.2) is 31.8 Å². The predicted molar refractivity (Wildman–Crippen MR) is 74.8 cm³/mol. The molecule has 6 heteroatoms. The van der Waals surface area contributed by atoms with Gasteiger partial charge in [-0.25, -0.2) is 0 Å². The molecule has 1 rings (SSSR count). The normalized spacial score (nSPS) is 11.7. The van der Waals surface area contributed by atoms with E-state index in [1.54, 1.807) is 11.8 Å².